The standard InChI is InChI=1S/C15H11NO3S/c17-10-11-6-7-14-12(8-11)9-15(16-14)20(18,19)13-4-2-1-3-5-13/h1-10,16H. The predicted octanol–water partition coefficient (Wildman–Crippen LogP) is 2.81. The minimum atomic E-state index is -3.56. The Morgan fingerprint density at radius 3 is 2.40 bits per heavy atom. The van der Waals surface area contributed by atoms with Gasteiger partial charge >= 0.3 is 0 Å². The van der Waals surface area contributed by atoms with Crippen molar-refractivity contribution in [3.63, 3.8) is 0 Å². The van der Waals surface area contributed by atoms with Crippen LogP contribution in [0, 0.1) is 0 Å². The van der Waals surface area contributed by atoms with Crippen LogP contribution >= 0.6 is 0 Å². The first-order valence-corrected chi connectivity index (χ1v) is 7.48. The number of hydrogen-bond acceptors (Lipinski definition) is 3. The number of rotatable bonds is 3. The van der Waals surface area contributed by atoms with E-state index in [9.17, 15) is 13.2 Å². The van der Waals surface area contributed by atoms with Gasteiger partial charge in [0.15, 0.2) is 0 Å². The third kappa shape index (κ3) is 2.02. The molecule has 0 radical (unpaired) electrons. The van der Waals surface area contributed by atoms with Crippen LogP contribution in [0.3, 0.4) is 0 Å². The Hall–Kier alpha value is -2.40. The molecule has 0 saturated heterocycles. The maximum Gasteiger partial charge on any atom is 0.221 e. The fourth-order valence-corrected chi connectivity index (χ4v) is 3.36. The molecule has 0 aliphatic heterocycles. The van der Waals surface area contributed by atoms with Crippen molar-refractivity contribution in [2.75, 3.05) is 0 Å². The monoisotopic (exact) mass is 285 g/mol. The summed E-state index contributed by atoms with van der Waals surface area (Å²) in [6.07, 6.45) is 0.734. The number of aromatic amines is 1. The van der Waals surface area contributed by atoms with Gasteiger partial charge in [0.25, 0.3) is 0 Å². The largest absolute Gasteiger partial charge is 0.345 e. The van der Waals surface area contributed by atoms with Crippen molar-refractivity contribution in [2.24, 2.45) is 0 Å². The Bertz CT molecular complexity index is 880. The van der Waals surface area contributed by atoms with Gasteiger partial charge in [-0.2, -0.15) is 0 Å². The number of sulfone groups is 1. The highest BCUT2D eigenvalue weighted by molar-refractivity contribution is 7.91. The molecule has 4 nitrogen and oxygen atoms in total. The van der Waals surface area contributed by atoms with Gasteiger partial charge in [0.2, 0.25) is 9.84 Å². The first kappa shape index (κ1) is 12.6. The van der Waals surface area contributed by atoms with E-state index >= 15 is 0 Å². The van der Waals surface area contributed by atoms with E-state index in [0.717, 1.165) is 6.29 Å². The normalized spacial score (nSPS) is 11.6. The van der Waals surface area contributed by atoms with Gasteiger partial charge in [-0.05, 0) is 36.4 Å². The van der Waals surface area contributed by atoms with Gasteiger partial charge < -0.3 is 4.98 Å². The maximum absolute atomic E-state index is 12.5. The molecule has 0 spiro atoms. The van der Waals surface area contributed by atoms with E-state index in [4.69, 9.17) is 0 Å². The molecule has 0 bridgehead atoms. The summed E-state index contributed by atoms with van der Waals surface area (Å²) in [5.41, 5.74) is 1.20. The molecule has 0 aliphatic carbocycles. The molecule has 0 atom stereocenters. The van der Waals surface area contributed by atoms with Crippen LogP contribution in [0.5, 0.6) is 0 Å². The van der Waals surface area contributed by atoms with E-state index in [1.807, 2.05) is 0 Å². The molecule has 3 aromatic rings. The molecule has 3 rings (SSSR count). The van der Waals surface area contributed by atoms with Gasteiger partial charge in [0, 0.05) is 16.5 Å². The summed E-state index contributed by atoms with van der Waals surface area (Å²) in [6, 6.07) is 14.8. The highest BCUT2D eigenvalue weighted by Gasteiger charge is 2.19. The van der Waals surface area contributed by atoms with Gasteiger partial charge in [0.1, 0.15) is 11.3 Å². The minimum absolute atomic E-state index is 0.127. The number of H-pyrrole nitrogens is 1. The van der Waals surface area contributed by atoms with E-state index < -0.39 is 9.84 Å². The Morgan fingerprint density at radius 2 is 1.70 bits per heavy atom. The first-order chi connectivity index (χ1) is 9.61. The SMILES string of the molecule is O=Cc1ccc2[nH]c(S(=O)(=O)c3ccccc3)cc2c1. The Kier molecular flexibility index (Phi) is 2.91. The van der Waals surface area contributed by atoms with Gasteiger partial charge in [-0.15, -0.1) is 0 Å². The fraction of sp³-hybridized carbons (Fsp3) is 0. The molecule has 100 valence electrons. The maximum atomic E-state index is 12.5. The number of carbonyl (C=O) groups is 1. The zero-order chi connectivity index (χ0) is 14.2. The summed E-state index contributed by atoms with van der Waals surface area (Å²) < 4.78 is 24.9. The van der Waals surface area contributed by atoms with Crippen molar-refractivity contribution >= 4 is 27.0 Å². The molecule has 1 N–H and O–H groups in total. The molecule has 0 fully saturated rings. The molecule has 0 unspecified atom stereocenters. The highest BCUT2D eigenvalue weighted by atomic mass is 32.2. The molecule has 0 amide bonds. The Morgan fingerprint density at radius 1 is 0.950 bits per heavy atom. The lowest BCUT2D eigenvalue weighted by Gasteiger charge is -2.00. The number of carbonyl (C=O) groups excluding carboxylic acids is 1. The number of benzene rings is 2. The topological polar surface area (TPSA) is 67.0 Å². The molecule has 1 aromatic heterocycles. The van der Waals surface area contributed by atoms with Gasteiger partial charge in [-0.25, -0.2) is 8.42 Å². The van der Waals surface area contributed by atoms with Crippen LogP contribution in [0.4, 0.5) is 0 Å². The summed E-state index contributed by atoms with van der Waals surface area (Å²) in [5.74, 6) is 0. The molecule has 20 heavy (non-hydrogen) atoms. The lowest BCUT2D eigenvalue weighted by molar-refractivity contribution is 0.112. The van der Waals surface area contributed by atoms with Crippen molar-refractivity contribution in [1.29, 1.82) is 0 Å². The molecule has 1 heterocycles. The number of nitrogens with one attached hydrogen (secondary N) is 1. The van der Waals surface area contributed by atoms with Crippen LogP contribution in [0.25, 0.3) is 10.9 Å². The Labute approximate surface area is 116 Å². The lowest BCUT2D eigenvalue weighted by Crippen LogP contribution is -2.01. The van der Waals surface area contributed by atoms with Crippen molar-refractivity contribution < 1.29 is 13.2 Å². The van der Waals surface area contributed by atoms with E-state index in [0.29, 0.717) is 16.5 Å². The van der Waals surface area contributed by atoms with Gasteiger partial charge in [0.05, 0.1) is 4.90 Å². The molecule has 2 aromatic carbocycles. The minimum Gasteiger partial charge on any atom is -0.345 e. The predicted molar refractivity (Wildman–Crippen MR) is 75.6 cm³/mol. The van der Waals surface area contributed by atoms with Crippen molar-refractivity contribution in [3.05, 3.63) is 60.2 Å². The Balaban J connectivity index is 2.17. The summed E-state index contributed by atoms with van der Waals surface area (Å²) in [7, 11) is -3.56. The quantitative estimate of drug-likeness (QED) is 0.752. The summed E-state index contributed by atoms with van der Waals surface area (Å²) in [6.45, 7) is 0. The van der Waals surface area contributed by atoms with Gasteiger partial charge in [-0.3, -0.25) is 4.79 Å². The molecule has 5 heteroatoms. The zero-order valence-corrected chi connectivity index (χ0v) is 11.2. The zero-order valence-electron chi connectivity index (χ0n) is 10.4. The molecule has 0 aliphatic rings. The van der Waals surface area contributed by atoms with Crippen LogP contribution in [0.2, 0.25) is 0 Å². The van der Waals surface area contributed by atoms with E-state index in [1.54, 1.807) is 54.6 Å². The van der Waals surface area contributed by atoms with Crippen LogP contribution in [-0.2, 0) is 9.84 Å². The van der Waals surface area contributed by atoms with Crippen molar-refractivity contribution in [3.8, 4) is 0 Å². The fourth-order valence-electron chi connectivity index (χ4n) is 2.07. The average Bonchev–Trinajstić information content (AvgIpc) is 2.91. The van der Waals surface area contributed by atoms with Crippen LogP contribution in [-0.4, -0.2) is 19.7 Å². The van der Waals surface area contributed by atoms with Gasteiger partial charge in [-0.1, -0.05) is 18.2 Å². The highest BCUT2D eigenvalue weighted by Crippen LogP contribution is 2.24. The van der Waals surface area contributed by atoms with Crippen LogP contribution in [0.15, 0.2) is 64.5 Å². The number of hydrogen-bond donors (Lipinski definition) is 1. The second-order valence-corrected chi connectivity index (χ2v) is 6.33. The first-order valence-electron chi connectivity index (χ1n) is 5.99. The summed E-state index contributed by atoms with van der Waals surface area (Å²) in [5, 5.41) is 0.825. The second-order valence-electron chi connectivity index (χ2n) is 4.41. The smallest absolute Gasteiger partial charge is 0.221 e. The van der Waals surface area contributed by atoms with Crippen molar-refractivity contribution in [2.45, 2.75) is 9.92 Å². The third-order valence-electron chi connectivity index (χ3n) is 3.10. The number of fused-ring (bicyclic) bond motifs is 1. The van der Waals surface area contributed by atoms with E-state index in [2.05, 4.69) is 4.98 Å². The number of aromatic nitrogens is 1. The van der Waals surface area contributed by atoms with Crippen LogP contribution in [0.1, 0.15) is 10.4 Å². The lowest BCUT2D eigenvalue weighted by atomic mass is 10.2. The number of aldehydes is 1. The molecule has 0 saturated carbocycles. The average molecular weight is 285 g/mol. The molecular formula is C15H11NO3S. The summed E-state index contributed by atoms with van der Waals surface area (Å²) in [4.78, 5) is 13.9. The second kappa shape index (κ2) is 4.61. The van der Waals surface area contributed by atoms with Crippen LogP contribution < -0.4 is 0 Å². The van der Waals surface area contributed by atoms with Crippen molar-refractivity contribution in [1.82, 2.24) is 4.98 Å². The van der Waals surface area contributed by atoms with E-state index in [1.165, 1.54) is 0 Å². The summed E-state index contributed by atoms with van der Waals surface area (Å²) >= 11 is 0. The third-order valence-corrected chi connectivity index (χ3v) is 4.79. The van der Waals surface area contributed by atoms with E-state index in [-0.39, 0.29) is 9.92 Å². The molecular weight excluding hydrogens is 274 g/mol.